The summed E-state index contributed by atoms with van der Waals surface area (Å²) in [6.45, 7) is 3.94. The van der Waals surface area contributed by atoms with Gasteiger partial charge in [-0.3, -0.25) is 4.79 Å². The summed E-state index contributed by atoms with van der Waals surface area (Å²) < 4.78 is 10.7. The van der Waals surface area contributed by atoms with Crippen molar-refractivity contribution in [2.75, 3.05) is 12.4 Å². The van der Waals surface area contributed by atoms with Crippen LogP contribution < -0.4 is 14.8 Å². The Hall–Kier alpha value is -2.75. The quantitative estimate of drug-likeness (QED) is 0.816. The molecule has 0 spiro atoms. The largest absolute Gasteiger partial charge is 0.497 e. The summed E-state index contributed by atoms with van der Waals surface area (Å²) in [6, 6.07) is 14.8. The molecule has 0 saturated heterocycles. The molecule has 2 aromatic rings. The molecule has 120 valence electrons. The second kappa shape index (κ2) is 8.03. The summed E-state index contributed by atoms with van der Waals surface area (Å²) in [6.07, 6.45) is 3.38. The topological polar surface area (TPSA) is 47.6 Å². The van der Waals surface area contributed by atoms with Crippen molar-refractivity contribution in [1.82, 2.24) is 0 Å². The van der Waals surface area contributed by atoms with E-state index in [-0.39, 0.29) is 12.0 Å². The molecule has 0 radical (unpaired) electrons. The average molecular weight is 311 g/mol. The first-order chi connectivity index (χ1) is 11.1. The first-order valence-electron chi connectivity index (χ1n) is 7.46. The van der Waals surface area contributed by atoms with Gasteiger partial charge in [-0.1, -0.05) is 12.1 Å². The Morgan fingerprint density at radius 1 is 1.00 bits per heavy atom. The predicted molar refractivity (Wildman–Crippen MR) is 92.9 cm³/mol. The Labute approximate surface area is 136 Å². The van der Waals surface area contributed by atoms with Gasteiger partial charge in [0.1, 0.15) is 11.5 Å². The molecule has 0 saturated carbocycles. The zero-order valence-electron chi connectivity index (χ0n) is 13.6. The van der Waals surface area contributed by atoms with Crippen molar-refractivity contribution >= 4 is 17.7 Å². The molecule has 0 unspecified atom stereocenters. The van der Waals surface area contributed by atoms with Gasteiger partial charge >= 0.3 is 0 Å². The van der Waals surface area contributed by atoms with Crippen molar-refractivity contribution in [3.63, 3.8) is 0 Å². The van der Waals surface area contributed by atoms with Crippen LogP contribution in [0.25, 0.3) is 6.08 Å². The van der Waals surface area contributed by atoms with Gasteiger partial charge in [0.25, 0.3) is 0 Å². The van der Waals surface area contributed by atoms with Crippen LogP contribution in [0.3, 0.4) is 0 Å². The fraction of sp³-hybridized carbons (Fsp3) is 0.211. The third-order valence-electron chi connectivity index (χ3n) is 3.04. The summed E-state index contributed by atoms with van der Waals surface area (Å²) >= 11 is 0. The molecular weight excluding hydrogens is 290 g/mol. The minimum atomic E-state index is -0.182. The fourth-order valence-electron chi connectivity index (χ4n) is 1.96. The first-order valence-corrected chi connectivity index (χ1v) is 7.46. The number of anilines is 1. The van der Waals surface area contributed by atoms with Gasteiger partial charge in [0.05, 0.1) is 13.2 Å². The van der Waals surface area contributed by atoms with Crippen molar-refractivity contribution in [3.05, 3.63) is 60.2 Å². The number of ether oxygens (including phenoxy) is 2. The maximum absolute atomic E-state index is 11.9. The molecule has 23 heavy (non-hydrogen) atoms. The average Bonchev–Trinajstić information content (AvgIpc) is 2.55. The molecule has 0 bridgehead atoms. The molecule has 1 amide bonds. The van der Waals surface area contributed by atoms with Crippen molar-refractivity contribution < 1.29 is 14.3 Å². The van der Waals surface area contributed by atoms with Crippen LogP contribution in [0.4, 0.5) is 5.69 Å². The lowest BCUT2D eigenvalue weighted by Crippen LogP contribution is -2.08. The third kappa shape index (κ3) is 5.51. The molecule has 0 fully saturated rings. The van der Waals surface area contributed by atoms with E-state index in [0.717, 1.165) is 22.7 Å². The molecule has 0 aliphatic carbocycles. The number of amides is 1. The van der Waals surface area contributed by atoms with E-state index in [4.69, 9.17) is 9.47 Å². The van der Waals surface area contributed by atoms with E-state index in [1.54, 1.807) is 13.2 Å². The van der Waals surface area contributed by atoms with Crippen LogP contribution in [0.5, 0.6) is 11.5 Å². The highest BCUT2D eigenvalue weighted by atomic mass is 16.5. The number of hydrogen-bond donors (Lipinski definition) is 1. The molecule has 2 rings (SSSR count). The number of hydrogen-bond acceptors (Lipinski definition) is 3. The Kier molecular flexibility index (Phi) is 5.80. The Morgan fingerprint density at radius 3 is 2.17 bits per heavy atom. The molecule has 1 N–H and O–H groups in total. The SMILES string of the molecule is COc1ccc(C=CC(=O)Nc2ccc(OC(C)C)cc2)cc1. The molecule has 0 heterocycles. The van der Waals surface area contributed by atoms with Gasteiger partial charge in [-0.05, 0) is 61.9 Å². The predicted octanol–water partition coefficient (Wildman–Crippen LogP) is 4.13. The number of nitrogens with one attached hydrogen (secondary N) is 1. The molecule has 0 atom stereocenters. The molecule has 2 aromatic carbocycles. The second-order valence-electron chi connectivity index (χ2n) is 5.29. The van der Waals surface area contributed by atoms with E-state index in [2.05, 4.69) is 5.32 Å². The van der Waals surface area contributed by atoms with Crippen LogP contribution in [-0.2, 0) is 4.79 Å². The number of carbonyl (C=O) groups excluding carboxylic acids is 1. The third-order valence-corrected chi connectivity index (χ3v) is 3.04. The molecule has 0 aliphatic rings. The van der Waals surface area contributed by atoms with E-state index in [9.17, 15) is 4.79 Å². The lowest BCUT2D eigenvalue weighted by atomic mass is 10.2. The van der Waals surface area contributed by atoms with Crippen molar-refractivity contribution in [2.45, 2.75) is 20.0 Å². The molecule has 4 heteroatoms. The maximum atomic E-state index is 11.9. The van der Waals surface area contributed by atoms with E-state index in [1.807, 2.05) is 62.4 Å². The van der Waals surface area contributed by atoms with Gasteiger partial charge in [0.15, 0.2) is 0 Å². The Bertz CT molecular complexity index is 658. The highest BCUT2D eigenvalue weighted by molar-refractivity contribution is 6.01. The second-order valence-corrected chi connectivity index (χ2v) is 5.29. The minimum absolute atomic E-state index is 0.128. The smallest absolute Gasteiger partial charge is 0.248 e. The van der Waals surface area contributed by atoms with E-state index < -0.39 is 0 Å². The number of methoxy groups -OCH3 is 1. The summed E-state index contributed by atoms with van der Waals surface area (Å²) in [7, 11) is 1.62. The number of benzene rings is 2. The minimum Gasteiger partial charge on any atom is -0.497 e. The van der Waals surface area contributed by atoms with Crippen molar-refractivity contribution in [3.8, 4) is 11.5 Å². The summed E-state index contributed by atoms with van der Waals surface area (Å²) in [5, 5.41) is 2.81. The monoisotopic (exact) mass is 311 g/mol. The van der Waals surface area contributed by atoms with Crippen LogP contribution in [0.2, 0.25) is 0 Å². The molecular formula is C19H21NO3. The van der Waals surface area contributed by atoms with Crippen molar-refractivity contribution in [2.24, 2.45) is 0 Å². The highest BCUT2D eigenvalue weighted by Crippen LogP contribution is 2.17. The maximum Gasteiger partial charge on any atom is 0.248 e. The van der Waals surface area contributed by atoms with Crippen LogP contribution >= 0.6 is 0 Å². The van der Waals surface area contributed by atoms with E-state index >= 15 is 0 Å². The molecule has 0 aliphatic heterocycles. The lowest BCUT2D eigenvalue weighted by Gasteiger charge is -2.10. The van der Waals surface area contributed by atoms with Gasteiger partial charge in [-0.2, -0.15) is 0 Å². The van der Waals surface area contributed by atoms with Crippen LogP contribution in [0.1, 0.15) is 19.4 Å². The van der Waals surface area contributed by atoms with Gasteiger partial charge in [-0.15, -0.1) is 0 Å². The van der Waals surface area contributed by atoms with E-state index in [0.29, 0.717) is 0 Å². The lowest BCUT2D eigenvalue weighted by molar-refractivity contribution is -0.111. The van der Waals surface area contributed by atoms with Crippen molar-refractivity contribution in [1.29, 1.82) is 0 Å². The normalized spacial score (nSPS) is 10.8. The Morgan fingerprint density at radius 2 is 1.61 bits per heavy atom. The summed E-state index contributed by atoms with van der Waals surface area (Å²) in [5.74, 6) is 1.39. The highest BCUT2D eigenvalue weighted by Gasteiger charge is 2.00. The summed E-state index contributed by atoms with van der Waals surface area (Å²) in [5.41, 5.74) is 1.66. The van der Waals surface area contributed by atoms with Gasteiger partial charge in [-0.25, -0.2) is 0 Å². The van der Waals surface area contributed by atoms with Crippen LogP contribution in [0, 0.1) is 0 Å². The Balaban J connectivity index is 1.91. The zero-order chi connectivity index (χ0) is 16.7. The van der Waals surface area contributed by atoms with Gasteiger partial charge < -0.3 is 14.8 Å². The van der Waals surface area contributed by atoms with Crippen LogP contribution in [0.15, 0.2) is 54.6 Å². The van der Waals surface area contributed by atoms with Gasteiger partial charge in [0, 0.05) is 11.8 Å². The standard InChI is InChI=1S/C19H21NO3/c1-14(2)23-18-11-7-16(8-12-18)20-19(21)13-6-15-4-9-17(22-3)10-5-15/h4-14H,1-3H3,(H,20,21). The molecule has 4 nitrogen and oxygen atoms in total. The molecule has 0 aromatic heterocycles. The first kappa shape index (κ1) is 16.6. The van der Waals surface area contributed by atoms with Gasteiger partial charge in [0.2, 0.25) is 5.91 Å². The van der Waals surface area contributed by atoms with E-state index in [1.165, 1.54) is 6.08 Å². The zero-order valence-corrected chi connectivity index (χ0v) is 13.6. The fourth-order valence-corrected chi connectivity index (χ4v) is 1.96. The number of carbonyl (C=O) groups is 1. The number of rotatable bonds is 6. The van der Waals surface area contributed by atoms with Crippen LogP contribution in [-0.4, -0.2) is 19.1 Å². The summed E-state index contributed by atoms with van der Waals surface area (Å²) in [4.78, 5) is 11.9.